The van der Waals surface area contributed by atoms with Crippen LogP contribution in [0.1, 0.15) is 25.1 Å². The maximum absolute atomic E-state index is 11.6. The van der Waals surface area contributed by atoms with Crippen LogP contribution in [-0.4, -0.2) is 29.3 Å². The largest absolute Gasteiger partial charge is 0.481 e. The number of hydrogen-bond donors (Lipinski definition) is 2. The van der Waals surface area contributed by atoms with Crippen molar-refractivity contribution < 1.29 is 14.7 Å². The third kappa shape index (κ3) is 5.24. The van der Waals surface area contributed by atoms with E-state index in [9.17, 15) is 9.59 Å². The Morgan fingerprint density at radius 2 is 2.26 bits per heavy atom. The minimum Gasteiger partial charge on any atom is -0.481 e. The van der Waals surface area contributed by atoms with E-state index in [4.69, 9.17) is 5.11 Å². The van der Waals surface area contributed by atoms with Gasteiger partial charge in [0.15, 0.2) is 0 Å². The molecule has 1 atom stereocenters. The summed E-state index contributed by atoms with van der Waals surface area (Å²) in [6.45, 7) is 3.64. The summed E-state index contributed by atoms with van der Waals surface area (Å²) in [6, 6.07) is 4.02. The first-order valence-corrected chi connectivity index (χ1v) is 8.11. The predicted molar refractivity (Wildman–Crippen MR) is 79.5 cm³/mol. The molecule has 0 aliphatic heterocycles. The molecule has 0 bridgehead atoms. The average molecular weight is 301 g/mol. The molecule has 0 aliphatic rings. The van der Waals surface area contributed by atoms with Gasteiger partial charge in [-0.3, -0.25) is 9.59 Å². The second-order valence-electron chi connectivity index (χ2n) is 4.57. The topological polar surface area (TPSA) is 66.4 Å². The number of nitrogens with one attached hydrogen (secondary N) is 1. The van der Waals surface area contributed by atoms with Gasteiger partial charge in [0.1, 0.15) is 0 Å². The Morgan fingerprint density at radius 3 is 2.79 bits per heavy atom. The summed E-state index contributed by atoms with van der Waals surface area (Å²) >= 11 is 3.21. The van der Waals surface area contributed by atoms with Crippen LogP contribution < -0.4 is 5.32 Å². The van der Waals surface area contributed by atoms with Crippen molar-refractivity contribution in [3.05, 3.63) is 22.4 Å². The molecule has 4 nitrogen and oxygen atoms in total. The Hall–Kier alpha value is -1.01. The molecule has 1 aromatic heterocycles. The van der Waals surface area contributed by atoms with Gasteiger partial charge in [-0.05, 0) is 24.8 Å². The molecule has 0 spiro atoms. The summed E-state index contributed by atoms with van der Waals surface area (Å²) in [7, 11) is 0. The van der Waals surface area contributed by atoms with Gasteiger partial charge < -0.3 is 10.4 Å². The van der Waals surface area contributed by atoms with Crippen LogP contribution in [0.3, 0.4) is 0 Å². The van der Waals surface area contributed by atoms with Crippen molar-refractivity contribution in [1.29, 1.82) is 0 Å². The predicted octanol–water partition coefficient (Wildman–Crippen LogP) is 2.60. The molecule has 19 heavy (non-hydrogen) atoms. The first kappa shape index (κ1) is 16.0. The number of carboxylic acids is 1. The number of carbonyl (C=O) groups is 2. The second-order valence-corrected chi connectivity index (χ2v) is 6.59. The Kier molecular flexibility index (Phi) is 6.37. The maximum Gasteiger partial charge on any atom is 0.311 e. The molecule has 6 heteroatoms. The van der Waals surface area contributed by atoms with E-state index in [0.29, 0.717) is 12.2 Å². The molecule has 0 fully saturated rings. The highest BCUT2D eigenvalue weighted by Gasteiger charge is 2.31. The van der Waals surface area contributed by atoms with Crippen LogP contribution in [0, 0.1) is 5.41 Å². The van der Waals surface area contributed by atoms with E-state index in [2.05, 4.69) is 5.32 Å². The van der Waals surface area contributed by atoms with E-state index in [1.54, 1.807) is 18.3 Å². The molecule has 106 valence electrons. The second kappa shape index (κ2) is 7.55. The van der Waals surface area contributed by atoms with E-state index in [0.717, 1.165) is 5.75 Å². The van der Waals surface area contributed by atoms with Crippen molar-refractivity contribution in [2.24, 2.45) is 5.41 Å². The van der Waals surface area contributed by atoms with Crippen LogP contribution >= 0.6 is 23.1 Å². The molecule has 0 aliphatic carbocycles. The normalized spacial score (nSPS) is 13.8. The highest BCUT2D eigenvalue weighted by atomic mass is 32.2. The van der Waals surface area contributed by atoms with Gasteiger partial charge in [0, 0.05) is 17.2 Å². The molecule has 1 amide bonds. The van der Waals surface area contributed by atoms with Gasteiger partial charge in [-0.1, -0.05) is 13.0 Å². The number of carbonyl (C=O) groups excluding carboxylic acids is 1. The maximum atomic E-state index is 11.6. The quantitative estimate of drug-likeness (QED) is 0.774. The molecule has 0 saturated heterocycles. The number of carboxylic acid groups (broad SMARTS) is 1. The Labute approximate surface area is 121 Å². The number of aliphatic carboxylic acids is 1. The van der Waals surface area contributed by atoms with E-state index >= 15 is 0 Å². The van der Waals surface area contributed by atoms with Crippen molar-refractivity contribution >= 4 is 35.0 Å². The lowest BCUT2D eigenvalue weighted by atomic mass is 9.88. The molecule has 2 N–H and O–H groups in total. The van der Waals surface area contributed by atoms with E-state index < -0.39 is 11.4 Å². The average Bonchev–Trinajstić information content (AvgIpc) is 2.89. The zero-order chi connectivity index (χ0) is 14.3. The molecule has 1 heterocycles. The molecule has 1 rings (SSSR count). The van der Waals surface area contributed by atoms with Crippen LogP contribution in [0.4, 0.5) is 0 Å². The molecular formula is C13H19NO3S2. The smallest absolute Gasteiger partial charge is 0.311 e. The lowest BCUT2D eigenvalue weighted by molar-refractivity contribution is -0.148. The Balaban J connectivity index is 2.26. The van der Waals surface area contributed by atoms with Gasteiger partial charge in [-0.2, -0.15) is 0 Å². The highest BCUT2D eigenvalue weighted by molar-refractivity contribution is 7.99. The van der Waals surface area contributed by atoms with Crippen LogP contribution in [0.5, 0.6) is 0 Å². The van der Waals surface area contributed by atoms with Crippen molar-refractivity contribution in [3.63, 3.8) is 0 Å². The minimum atomic E-state index is -0.881. The summed E-state index contributed by atoms with van der Waals surface area (Å²) in [5, 5.41) is 13.8. The van der Waals surface area contributed by atoms with Crippen molar-refractivity contribution in [1.82, 2.24) is 5.32 Å². The van der Waals surface area contributed by atoms with Crippen LogP contribution in [-0.2, 0) is 15.3 Å². The molecular weight excluding hydrogens is 282 g/mol. The standard InChI is InChI=1S/C13H19NO3S2/c1-3-13(2,12(16)17)9-14-11(15)8-18-7-10-5-4-6-19-10/h4-6H,3,7-9H2,1-2H3,(H,14,15)(H,16,17). The summed E-state index contributed by atoms with van der Waals surface area (Å²) in [4.78, 5) is 24.0. The van der Waals surface area contributed by atoms with Gasteiger partial charge in [0.2, 0.25) is 5.91 Å². The van der Waals surface area contributed by atoms with E-state index in [1.165, 1.54) is 16.6 Å². The third-order valence-electron chi connectivity index (χ3n) is 3.03. The first-order chi connectivity index (χ1) is 8.98. The van der Waals surface area contributed by atoms with Gasteiger partial charge >= 0.3 is 5.97 Å². The minimum absolute atomic E-state index is 0.109. The number of hydrogen-bond acceptors (Lipinski definition) is 4. The van der Waals surface area contributed by atoms with Crippen LogP contribution in [0.15, 0.2) is 17.5 Å². The molecule has 0 aromatic carbocycles. The van der Waals surface area contributed by atoms with Crippen LogP contribution in [0.25, 0.3) is 0 Å². The summed E-state index contributed by atoms with van der Waals surface area (Å²) in [5.74, 6) is 0.191. The van der Waals surface area contributed by atoms with Crippen molar-refractivity contribution in [3.8, 4) is 0 Å². The monoisotopic (exact) mass is 301 g/mol. The van der Waals surface area contributed by atoms with E-state index in [1.807, 2.05) is 24.4 Å². The number of rotatable bonds is 8. The fourth-order valence-electron chi connectivity index (χ4n) is 1.34. The van der Waals surface area contributed by atoms with Gasteiger partial charge in [-0.25, -0.2) is 0 Å². The summed E-state index contributed by atoms with van der Waals surface area (Å²) in [5.41, 5.74) is -0.881. The lowest BCUT2D eigenvalue weighted by Gasteiger charge is -2.23. The third-order valence-corrected chi connectivity index (χ3v) is 5.07. The zero-order valence-electron chi connectivity index (χ0n) is 11.1. The van der Waals surface area contributed by atoms with Gasteiger partial charge in [-0.15, -0.1) is 23.1 Å². The van der Waals surface area contributed by atoms with Gasteiger partial charge in [0.25, 0.3) is 0 Å². The van der Waals surface area contributed by atoms with Gasteiger partial charge in [0.05, 0.1) is 11.2 Å². The molecule has 1 unspecified atom stereocenters. The molecule has 1 aromatic rings. The first-order valence-electron chi connectivity index (χ1n) is 6.08. The summed E-state index contributed by atoms with van der Waals surface area (Å²) in [6.07, 6.45) is 0.491. The fourth-order valence-corrected chi connectivity index (χ4v) is 3.03. The lowest BCUT2D eigenvalue weighted by Crippen LogP contribution is -2.41. The number of amides is 1. The van der Waals surface area contributed by atoms with E-state index in [-0.39, 0.29) is 12.5 Å². The zero-order valence-corrected chi connectivity index (χ0v) is 12.8. The summed E-state index contributed by atoms with van der Waals surface area (Å²) < 4.78 is 0. The Morgan fingerprint density at radius 1 is 1.53 bits per heavy atom. The highest BCUT2D eigenvalue weighted by Crippen LogP contribution is 2.20. The number of thioether (sulfide) groups is 1. The van der Waals surface area contributed by atoms with Crippen LogP contribution in [0.2, 0.25) is 0 Å². The molecule has 0 saturated carbocycles. The SMILES string of the molecule is CCC(C)(CNC(=O)CSCc1cccs1)C(=O)O. The fraction of sp³-hybridized carbons (Fsp3) is 0.538. The van der Waals surface area contributed by atoms with Crippen molar-refractivity contribution in [2.45, 2.75) is 26.0 Å². The van der Waals surface area contributed by atoms with Crippen molar-refractivity contribution in [2.75, 3.05) is 12.3 Å². The Bertz CT molecular complexity index is 420. The molecule has 0 radical (unpaired) electrons. The number of thiophene rings is 1.